The van der Waals surface area contributed by atoms with E-state index in [9.17, 15) is 13.2 Å². The maximum atomic E-state index is 12.4. The Hall–Kier alpha value is -0.660. The molecule has 0 radical (unpaired) electrons. The van der Waals surface area contributed by atoms with Gasteiger partial charge in [-0.15, -0.1) is 24.0 Å². The van der Waals surface area contributed by atoms with Gasteiger partial charge in [0.1, 0.15) is 0 Å². The summed E-state index contributed by atoms with van der Waals surface area (Å²) in [5.74, 6) is 0.672. The lowest BCUT2D eigenvalue weighted by atomic mass is 10.1. The molecule has 11 heteroatoms. The van der Waals surface area contributed by atoms with Crippen molar-refractivity contribution in [3.05, 3.63) is 0 Å². The highest BCUT2D eigenvalue weighted by Gasteiger charge is 2.27. The van der Waals surface area contributed by atoms with E-state index in [1.807, 2.05) is 13.8 Å². The lowest BCUT2D eigenvalue weighted by molar-refractivity contribution is -0.140. The topological polar surface area (TPSA) is 101 Å². The van der Waals surface area contributed by atoms with Crippen LogP contribution in [0.15, 0.2) is 4.99 Å². The van der Waals surface area contributed by atoms with Crippen LogP contribution in [-0.4, -0.2) is 94.9 Å². The van der Waals surface area contributed by atoms with Gasteiger partial charge in [0.15, 0.2) is 5.96 Å². The quantitative estimate of drug-likeness (QED) is 0.127. The number of esters is 1. The average Bonchev–Trinajstić information content (AvgIpc) is 2.69. The number of guanidine groups is 1. The van der Waals surface area contributed by atoms with Gasteiger partial charge >= 0.3 is 5.97 Å². The van der Waals surface area contributed by atoms with E-state index in [2.05, 4.69) is 19.9 Å². The van der Waals surface area contributed by atoms with Crippen LogP contribution in [0.3, 0.4) is 0 Å². The molecule has 0 saturated carbocycles. The van der Waals surface area contributed by atoms with Crippen LogP contribution in [0.5, 0.6) is 0 Å². The van der Waals surface area contributed by atoms with Gasteiger partial charge < -0.3 is 19.7 Å². The zero-order valence-corrected chi connectivity index (χ0v) is 21.9. The molecule has 0 atom stereocenters. The number of sulfonamides is 1. The standard InChI is InChI=1S/C19H38N4O5S.HI/c1-17(2)28-15-16-29(25,26)23-13-11-22(12-14-23)19(20-3)21-10-8-6-5-7-9-18(24)27-4;/h17H,5-16H2,1-4H3,(H,20,21);1H. The molecule has 0 aliphatic carbocycles. The molecule has 0 aromatic rings. The van der Waals surface area contributed by atoms with E-state index in [0.717, 1.165) is 38.2 Å². The largest absolute Gasteiger partial charge is 0.469 e. The minimum absolute atomic E-state index is 0. The number of ether oxygens (including phenoxy) is 2. The second-order valence-corrected chi connectivity index (χ2v) is 9.42. The Morgan fingerprint density at radius 2 is 1.73 bits per heavy atom. The number of hydrogen-bond acceptors (Lipinski definition) is 6. The summed E-state index contributed by atoms with van der Waals surface area (Å²) in [6.45, 7) is 6.96. The molecule has 0 bridgehead atoms. The molecule has 178 valence electrons. The minimum atomic E-state index is -3.28. The summed E-state index contributed by atoms with van der Waals surface area (Å²) in [7, 11) is -0.132. The minimum Gasteiger partial charge on any atom is -0.469 e. The highest BCUT2D eigenvalue weighted by molar-refractivity contribution is 14.0. The van der Waals surface area contributed by atoms with E-state index in [4.69, 9.17) is 4.74 Å². The molecule has 1 heterocycles. The van der Waals surface area contributed by atoms with Crippen LogP contribution in [0.1, 0.15) is 46.0 Å². The summed E-state index contributed by atoms with van der Waals surface area (Å²) in [6.07, 6.45) is 4.37. The van der Waals surface area contributed by atoms with Gasteiger partial charge in [0.25, 0.3) is 0 Å². The summed E-state index contributed by atoms with van der Waals surface area (Å²) in [5.41, 5.74) is 0. The fraction of sp³-hybridized carbons (Fsp3) is 0.895. The molecule has 1 rings (SSSR count). The van der Waals surface area contributed by atoms with Crippen LogP contribution in [0, 0.1) is 0 Å². The first-order chi connectivity index (χ1) is 13.8. The van der Waals surface area contributed by atoms with E-state index in [1.54, 1.807) is 11.4 Å². The van der Waals surface area contributed by atoms with Crippen molar-refractivity contribution in [2.24, 2.45) is 4.99 Å². The van der Waals surface area contributed by atoms with Gasteiger partial charge in [-0.2, -0.15) is 4.31 Å². The van der Waals surface area contributed by atoms with E-state index >= 15 is 0 Å². The number of nitrogens with one attached hydrogen (secondary N) is 1. The lowest BCUT2D eigenvalue weighted by Crippen LogP contribution is -2.54. The number of halogens is 1. The molecule has 1 N–H and O–H groups in total. The highest BCUT2D eigenvalue weighted by Crippen LogP contribution is 2.09. The van der Waals surface area contributed by atoms with Gasteiger partial charge in [0, 0.05) is 46.2 Å². The zero-order valence-electron chi connectivity index (χ0n) is 18.8. The molecular weight excluding hydrogens is 523 g/mol. The van der Waals surface area contributed by atoms with E-state index in [0.29, 0.717) is 32.6 Å². The maximum absolute atomic E-state index is 12.4. The Bertz CT molecular complexity index is 608. The molecule has 9 nitrogen and oxygen atoms in total. The maximum Gasteiger partial charge on any atom is 0.305 e. The highest BCUT2D eigenvalue weighted by atomic mass is 127. The number of methoxy groups -OCH3 is 1. The van der Waals surface area contributed by atoms with Gasteiger partial charge in [0.05, 0.1) is 25.6 Å². The van der Waals surface area contributed by atoms with Gasteiger partial charge in [-0.25, -0.2) is 8.42 Å². The summed E-state index contributed by atoms with van der Waals surface area (Å²) < 4.78 is 36.4. The van der Waals surface area contributed by atoms with E-state index < -0.39 is 10.0 Å². The normalized spacial score (nSPS) is 15.8. The van der Waals surface area contributed by atoms with Crippen molar-refractivity contribution in [3.8, 4) is 0 Å². The molecule has 30 heavy (non-hydrogen) atoms. The Kier molecular flexibility index (Phi) is 15.7. The SMILES string of the molecule is CN=C(NCCCCCCC(=O)OC)N1CCN(S(=O)(=O)CCOC(C)C)CC1.I. The van der Waals surface area contributed by atoms with Crippen LogP contribution in [0.2, 0.25) is 0 Å². The summed E-state index contributed by atoms with van der Waals surface area (Å²) >= 11 is 0. The molecule has 1 aliphatic heterocycles. The number of carbonyl (C=O) groups is 1. The number of rotatable bonds is 12. The average molecular weight is 563 g/mol. The van der Waals surface area contributed by atoms with E-state index in [-0.39, 0.29) is 48.4 Å². The fourth-order valence-electron chi connectivity index (χ4n) is 3.08. The summed E-state index contributed by atoms with van der Waals surface area (Å²) in [5, 5.41) is 3.35. The van der Waals surface area contributed by atoms with Gasteiger partial charge in [-0.1, -0.05) is 12.8 Å². The van der Waals surface area contributed by atoms with Crippen molar-refractivity contribution in [1.82, 2.24) is 14.5 Å². The summed E-state index contributed by atoms with van der Waals surface area (Å²) in [4.78, 5) is 17.5. The molecule has 1 aliphatic rings. The van der Waals surface area contributed by atoms with Crippen molar-refractivity contribution in [1.29, 1.82) is 0 Å². The van der Waals surface area contributed by atoms with Crippen LogP contribution in [0.4, 0.5) is 0 Å². The molecule has 0 amide bonds. The Morgan fingerprint density at radius 1 is 1.10 bits per heavy atom. The van der Waals surface area contributed by atoms with Gasteiger partial charge in [-0.3, -0.25) is 9.79 Å². The number of piperazine rings is 1. The molecular formula is C19H39IN4O5S. The first kappa shape index (κ1) is 29.3. The predicted octanol–water partition coefficient (Wildman–Crippen LogP) is 1.68. The van der Waals surface area contributed by atoms with Crippen molar-refractivity contribution in [2.75, 3.05) is 59.2 Å². The smallest absolute Gasteiger partial charge is 0.305 e. The monoisotopic (exact) mass is 562 g/mol. The molecule has 0 aromatic heterocycles. The Labute approximate surface area is 199 Å². The Morgan fingerprint density at radius 3 is 2.30 bits per heavy atom. The Balaban J connectivity index is 0.00000841. The van der Waals surface area contributed by atoms with Crippen LogP contribution < -0.4 is 5.32 Å². The first-order valence-corrected chi connectivity index (χ1v) is 12.0. The number of carbonyl (C=O) groups excluding carboxylic acids is 1. The summed E-state index contributed by atoms with van der Waals surface area (Å²) in [6, 6.07) is 0. The van der Waals surface area contributed by atoms with Crippen LogP contribution in [-0.2, 0) is 24.3 Å². The molecule has 1 fully saturated rings. The van der Waals surface area contributed by atoms with Gasteiger partial charge in [0.2, 0.25) is 10.0 Å². The van der Waals surface area contributed by atoms with Crippen LogP contribution >= 0.6 is 24.0 Å². The van der Waals surface area contributed by atoms with E-state index in [1.165, 1.54) is 7.11 Å². The van der Waals surface area contributed by atoms with Gasteiger partial charge in [-0.05, 0) is 26.7 Å². The second kappa shape index (κ2) is 16.0. The fourth-order valence-corrected chi connectivity index (χ4v) is 4.36. The third kappa shape index (κ3) is 11.7. The lowest BCUT2D eigenvalue weighted by Gasteiger charge is -2.35. The first-order valence-electron chi connectivity index (χ1n) is 10.4. The number of hydrogen-bond donors (Lipinski definition) is 1. The molecule has 0 spiro atoms. The zero-order chi connectivity index (χ0) is 21.7. The molecule has 1 saturated heterocycles. The number of nitrogens with zero attached hydrogens (tertiary/aromatic N) is 3. The predicted molar refractivity (Wildman–Crippen MR) is 130 cm³/mol. The second-order valence-electron chi connectivity index (χ2n) is 7.34. The van der Waals surface area contributed by atoms with Crippen molar-refractivity contribution in [3.63, 3.8) is 0 Å². The third-order valence-electron chi connectivity index (χ3n) is 4.75. The van der Waals surface area contributed by atoms with Crippen molar-refractivity contribution >= 4 is 45.9 Å². The molecule has 0 aromatic carbocycles. The number of unbranched alkanes of at least 4 members (excludes halogenated alkanes) is 3. The molecule has 0 unspecified atom stereocenters. The van der Waals surface area contributed by atoms with Crippen molar-refractivity contribution < 1.29 is 22.7 Å². The third-order valence-corrected chi connectivity index (χ3v) is 6.59. The number of aliphatic imine (C=N–C) groups is 1. The van der Waals surface area contributed by atoms with Crippen LogP contribution in [0.25, 0.3) is 0 Å². The van der Waals surface area contributed by atoms with Crippen molar-refractivity contribution in [2.45, 2.75) is 52.1 Å².